The van der Waals surface area contributed by atoms with E-state index in [2.05, 4.69) is 19.6 Å². The molecule has 3 aromatic rings. The van der Waals surface area contributed by atoms with Crippen LogP contribution < -0.4 is 19.1 Å². The molecule has 14 heteroatoms. The van der Waals surface area contributed by atoms with Crippen LogP contribution in [-0.2, 0) is 4.74 Å². The van der Waals surface area contributed by atoms with E-state index < -0.39 is 17.7 Å². The number of fused-ring (bicyclic) bond motifs is 5. The molecule has 5 aliphatic heterocycles. The summed E-state index contributed by atoms with van der Waals surface area (Å²) in [6.07, 6.45) is 3.04. The van der Waals surface area contributed by atoms with Gasteiger partial charge in [-0.3, -0.25) is 14.8 Å². The average Bonchev–Trinajstić information content (AvgIpc) is 3.79. The SMILES string of the molecule is CC.CC(C)(C)OC(=O)N1C2CCC1CN(c1nc(OCC34CCCN3CCC4)nc3c(F)c(-c4cccc5c4OC(F)(F)O5)ncc13)C2. The summed E-state index contributed by atoms with van der Waals surface area (Å²) in [6, 6.07) is 4.03. The predicted octanol–water partition coefficient (Wildman–Crippen LogP) is 6.77. The van der Waals surface area contributed by atoms with E-state index in [9.17, 15) is 13.6 Å². The first-order valence-electron chi connectivity index (χ1n) is 17.3. The molecule has 7 heterocycles. The first-order chi connectivity index (χ1) is 23.4. The standard InChI is InChI=1S/C33H37F3N6O5.C2H6/c1-31(2,3)47-30(43)42-19-9-10-20(42)17-40(16-19)28-22-15-37-25(21-7-4-8-23-27(21)46-33(35,36)45-23)24(34)26(22)38-29(39-28)44-18-32-11-5-13-41(32)14-6-12-32;1-2/h4,7-8,15,19-20H,5-6,9-14,16-18H2,1-3H3;1-2H3. The minimum Gasteiger partial charge on any atom is -0.461 e. The van der Waals surface area contributed by atoms with E-state index in [-0.39, 0.29) is 58.0 Å². The Kier molecular flexibility index (Phi) is 8.43. The average molecular weight is 685 g/mol. The summed E-state index contributed by atoms with van der Waals surface area (Å²) in [5.41, 5.74) is -0.961. The normalized spacial score (nSPS) is 23.3. The quantitative estimate of drug-likeness (QED) is 0.286. The van der Waals surface area contributed by atoms with Crippen molar-refractivity contribution in [3.05, 3.63) is 30.2 Å². The molecule has 0 N–H and O–H groups in total. The fourth-order valence-electron chi connectivity index (χ4n) is 8.02. The zero-order valence-corrected chi connectivity index (χ0v) is 28.6. The third kappa shape index (κ3) is 6.06. The lowest BCUT2D eigenvalue weighted by Crippen LogP contribution is -2.57. The lowest BCUT2D eigenvalue weighted by molar-refractivity contribution is -0.286. The summed E-state index contributed by atoms with van der Waals surface area (Å²) in [7, 11) is 0. The fourth-order valence-corrected chi connectivity index (χ4v) is 8.02. The number of pyridine rings is 1. The number of benzene rings is 1. The molecule has 49 heavy (non-hydrogen) atoms. The number of piperazine rings is 1. The predicted molar refractivity (Wildman–Crippen MR) is 176 cm³/mol. The van der Waals surface area contributed by atoms with Crippen LogP contribution >= 0.6 is 0 Å². The molecule has 2 unspecified atom stereocenters. The number of rotatable bonds is 5. The lowest BCUT2D eigenvalue weighted by atomic mass is 9.95. The van der Waals surface area contributed by atoms with E-state index in [4.69, 9.17) is 19.2 Å². The molecule has 2 atom stereocenters. The van der Waals surface area contributed by atoms with Crippen molar-refractivity contribution >= 4 is 22.8 Å². The third-order valence-electron chi connectivity index (χ3n) is 9.99. The summed E-state index contributed by atoms with van der Waals surface area (Å²) < 4.78 is 65.9. The molecule has 4 saturated heterocycles. The molecule has 5 aliphatic rings. The summed E-state index contributed by atoms with van der Waals surface area (Å²) in [6.45, 7) is 12.9. The Morgan fingerprint density at radius 1 is 1.04 bits per heavy atom. The van der Waals surface area contributed by atoms with Gasteiger partial charge in [0.1, 0.15) is 29.2 Å². The molecule has 0 aliphatic carbocycles. The van der Waals surface area contributed by atoms with Crippen molar-refractivity contribution in [1.82, 2.24) is 24.8 Å². The van der Waals surface area contributed by atoms with E-state index in [1.165, 1.54) is 24.4 Å². The van der Waals surface area contributed by atoms with E-state index in [0.717, 1.165) is 51.6 Å². The second kappa shape index (κ2) is 12.4. The molecule has 0 radical (unpaired) electrons. The lowest BCUT2D eigenvalue weighted by Gasteiger charge is -2.42. The molecular formula is C35H43F3N6O5. The zero-order chi connectivity index (χ0) is 34.7. The van der Waals surface area contributed by atoms with Gasteiger partial charge in [0, 0.05) is 24.8 Å². The maximum Gasteiger partial charge on any atom is 0.586 e. The number of carbonyl (C=O) groups is 1. The Labute approximate surface area is 283 Å². The van der Waals surface area contributed by atoms with Crippen molar-refractivity contribution in [2.75, 3.05) is 37.7 Å². The Bertz CT molecular complexity index is 1730. The van der Waals surface area contributed by atoms with Crippen LogP contribution in [0.1, 0.15) is 73.1 Å². The minimum absolute atomic E-state index is 0.0113. The highest BCUT2D eigenvalue weighted by Gasteiger charge is 2.47. The van der Waals surface area contributed by atoms with E-state index in [1.54, 1.807) is 0 Å². The van der Waals surface area contributed by atoms with Crippen LogP contribution in [0.3, 0.4) is 0 Å². The number of hydrogen-bond acceptors (Lipinski definition) is 10. The van der Waals surface area contributed by atoms with Crippen molar-refractivity contribution in [3.8, 4) is 28.8 Å². The highest BCUT2D eigenvalue weighted by atomic mass is 19.3. The molecular weight excluding hydrogens is 641 g/mol. The number of para-hydroxylation sites is 1. The van der Waals surface area contributed by atoms with Crippen molar-refractivity contribution in [2.24, 2.45) is 0 Å². The number of halogens is 3. The molecule has 8 rings (SSSR count). The van der Waals surface area contributed by atoms with Gasteiger partial charge >= 0.3 is 18.4 Å². The van der Waals surface area contributed by atoms with Gasteiger partial charge in [0.15, 0.2) is 17.3 Å². The maximum atomic E-state index is 16.6. The van der Waals surface area contributed by atoms with Crippen LogP contribution in [0.15, 0.2) is 24.4 Å². The maximum absolute atomic E-state index is 16.6. The molecule has 2 bridgehead atoms. The minimum atomic E-state index is -3.88. The molecule has 1 aromatic carbocycles. The number of anilines is 1. The highest BCUT2D eigenvalue weighted by Crippen LogP contribution is 2.48. The monoisotopic (exact) mass is 684 g/mol. The van der Waals surface area contributed by atoms with Crippen molar-refractivity contribution < 1.29 is 36.9 Å². The molecule has 1 amide bonds. The zero-order valence-electron chi connectivity index (χ0n) is 28.6. The number of amides is 1. The number of hydrogen-bond donors (Lipinski definition) is 0. The topological polar surface area (TPSA) is 102 Å². The molecule has 2 aromatic heterocycles. The van der Waals surface area contributed by atoms with Gasteiger partial charge in [-0.15, -0.1) is 8.78 Å². The molecule has 4 fully saturated rings. The van der Waals surface area contributed by atoms with Gasteiger partial charge in [-0.2, -0.15) is 9.97 Å². The Hall–Kier alpha value is -4.07. The number of aromatic nitrogens is 3. The van der Waals surface area contributed by atoms with Crippen LogP contribution in [-0.4, -0.2) is 93.1 Å². The fraction of sp³-hybridized carbons (Fsp3) is 0.600. The van der Waals surface area contributed by atoms with Gasteiger partial charge in [-0.25, -0.2) is 9.18 Å². The molecule has 264 valence electrons. The largest absolute Gasteiger partial charge is 0.586 e. The van der Waals surface area contributed by atoms with Crippen LogP contribution in [0, 0.1) is 5.82 Å². The Morgan fingerprint density at radius 3 is 2.41 bits per heavy atom. The number of ether oxygens (including phenoxy) is 4. The Balaban J connectivity index is 0.00000186. The van der Waals surface area contributed by atoms with Gasteiger partial charge < -0.3 is 23.8 Å². The number of alkyl halides is 2. The van der Waals surface area contributed by atoms with Crippen molar-refractivity contribution in [1.29, 1.82) is 0 Å². The number of carbonyl (C=O) groups excluding carboxylic acids is 1. The summed E-state index contributed by atoms with van der Waals surface area (Å²) >= 11 is 0. The summed E-state index contributed by atoms with van der Waals surface area (Å²) in [5.74, 6) is -0.887. The van der Waals surface area contributed by atoms with E-state index >= 15 is 4.39 Å². The van der Waals surface area contributed by atoms with Crippen molar-refractivity contribution in [2.45, 2.75) is 103 Å². The molecule has 11 nitrogen and oxygen atoms in total. The van der Waals surface area contributed by atoms with Gasteiger partial charge in [0.05, 0.1) is 23.0 Å². The highest BCUT2D eigenvalue weighted by molar-refractivity contribution is 5.93. The van der Waals surface area contributed by atoms with Crippen LogP contribution in [0.2, 0.25) is 0 Å². The van der Waals surface area contributed by atoms with Gasteiger partial charge in [-0.1, -0.05) is 19.9 Å². The second-order valence-electron chi connectivity index (χ2n) is 14.2. The Morgan fingerprint density at radius 2 is 1.73 bits per heavy atom. The van der Waals surface area contributed by atoms with Crippen molar-refractivity contribution in [3.63, 3.8) is 0 Å². The summed E-state index contributed by atoms with van der Waals surface area (Å²) in [4.78, 5) is 33.2. The third-order valence-corrected chi connectivity index (χ3v) is 9.99. The van der Waals surface area contributed by atoms with E-state index in [1.807, 2.05) is 44.4 Å². The number of nitrogens with zero attached hydrogens (tertiary/aromatic N) is 6. The van der Waals surface area contributed by atoms with Gasteiger partial charge in [0.25, 0.3) is 0 Å². The smallest absolute Gasteiger partial charge is 0.461 e. The second-order valence-corrected chi connectivity index (χ2v) is 14.2. The van der Waals surface area contributed by atoms with E-state index in [0.29, 0.717) is 30.9 Å². The molecule has 0 spiro atoms. The van der Waals surface area contributed by atoms with Crippen LogP contribution in [0.5, 0.6) is 17.5 Å². The summed E-state index contributed by atoms with van der Waals surface area (Å²) in [5, 5.41) is 0.348. The van der Waals surface area contributed by atoms with Crippen LogP contribution in [0.25, 0.3) is 22.2 Å². The van der Waals surface area contributed by atoms with Crippen LogP contribution in [0.4, 0.5) is 23.8 Å². The molecule has 0 saturated carbocycles. The first-order valence-corrected chi connectivity index (χ1v) is 17.3. The van der Waals surface area contributed by atoms with Gasteiger partial charge in [0.2, 0.25) is 0 Å². The van der Waals surface area contributed by atoms with Gasteiger partial charge in [-0.05, 0) is 84.5 Å². The first kappa shape index (κ1) is 33.4.